The second kappa shape index (κ2) is 10.9. The normalized spacial score (nSPS) is 12.3. The number of hydrogen-bond acceptors (Lipinski definition) is 5. The topological polar surface area (TPSA) is 51.2 Å². The van der Waals surface area contributed by atoms with Crippen molar-refractivity contribution < 1.29 is 19.3 Å². The summed E-state index contributed by atoms with van der Waals surface area (Å²) in [7, 11) is 3.27. The van der Waals surface area contributed by atoms with Crippen molar-refractivity contribution in [1.29, 1.82) is 0 Å². The van der Waals surface area contributed by atoms with Gasteiger partial charge in [-0.05, 0) is 42.2 Å². The minimum Gasteiger partial charge on any atom is -0.493 e. The monoisotopic (exact) mass is 387 g/mol. The number of ether oxygens (including phenoxy) is 3. The summed E-state index contributed by atoms with van der Waals surface area (Å²) in [6, 6.07) is 13.8. The van der Waals surface area contributed by atoms with Crippen molar-refractivity contribution >= 4 is 0 Å². The van der Waals surface area contributed by atoms with Crippen LogP contribution in [0.4, 0.5) is 0 Å². The molecule has 2 aromatic rings. The fraction of sp³-hybridized carbons (Fsp3) is 0.478. The van der Waals surface area contributed by atoms with E-state index < -0.39 is 6.10 Å². The third-order valence-corrected chi connectivity index (χ3v) is 4.47. The molecule has 0 radical (unpaired) electrons. The molecule has 0 amide bonds. The molecule has 0 heterocycles. The van der Waals surface area contributed by atoms with Crippen molar-refractivity contribution in [3.8, 4) is 17.2 Å². The summed E-state index contributed by atoms with van der Waals surface area (Å²) < 4.78 is 16.5. The Morgan fingerprint density at radius 2 is 1.64 bits per heavy atom. The maximum Gasteiger partial charge on any atom is 0.161 e. The van der Waals surface area contributed by atoms with E-state index in [4.69, 9.17) is 14.2 Å². The second-order valence-electron chi connectivity index (χ2n) is 7.51. The molecule has 0 aromatic heterocycles. The smallest absolute Gasteiger partial charge is 0.161 e. The fourth-order valence-corrected chi connectivity index (χ4v) is 3.21. The highest BCUT2D eigenvalue weighted by atomic mass is 16.5. The first kappa shape index (κ1) is 22.1. The van der Waals surface area contributed by atoms with Crippen molar-refractivity contribution in [3.05, 3.63) is 53.6 Å². The number of benzene rings is 2. The summed E-state index contributed by atoms with van der Waals surface area (Å²) >= 11 is 0. The van der Waals surface area contributed by atoms with Gasteiger partial charge in [-0.3, -0.25) is 4.90 Å². The number of aliphatic hydroxyl groups is 1. The van der Waals surface area contributed by atoms with Crippen LogP contribution in [-0.2, 0) is 6.54 Å². The van der Waals surface area contributed by atoms with Crippen LogP contribution in [-0.4, -0.2) is 50.0 Å². The second-order valence-corrected chi connectivity index (χ2v) is 7.51. The van der Waals surface area contributed by atoms with Crippen LogP contribution >= 0.6 is 0 Å². The average Bonchev–Trinajstić information content (AvgIpc) is 2.66. The van der Waals surface area contributed by atoms with Crippen LogP contribution in [0.2, 0.25) is 0 Å². The van der Waals surface area contributed by atoms with Crippen molar-refractivity contribution in [2.24, 2.45) is 5.92 Å². The standard InChI is InChI=1S/C23H33NO4/c1-17(2)13-24(14-19-10-11-22(26-4)23(12-19)27-5)15-20(25)16-28-21-9-7-6-8-18(21)3/h6-12,17,20,25H,13-16H2,1-5H3. The van der Waals surface area contributed by atoms with Gasteiger partial charge in [0.15, 0.2) is 11.5 Å². The number of hydrogen-bond donors (Lipinski definition) is 1. The van der Waals surface area contributed by atoms with Gasteiger partial charge in [-0.15, -0.1) is 0 Å². The van der Waals surface area contributed by atoms with E-state index in [-0.39, 0.29) is 6.61 Å². The molecule has 0 fully saturated rings. The van der Waals surface area contributed by atoms with Crippen LogP contribution in [0, 0.1) is 12.8 Å². The van der Waals surface area contributed by atoms with E-state index in [0.29, 0.717) is 24.0 Å². The van der Waals surface area contributed by atoms with Crippen LogP contribution in [0.15, 0.2) is 42.5 Å². The molecular formula is C23H33NO4. The number of para-hydroxylation sites is 1. The lowest BCUT2D eigenvalue weighted by Gasteiger charge is -2.27. The first-order valence-corrected chi connectivity index (χ1v) is 9.72. The third kappa shape index (κ3) is 6.73. The van der Waals surface area contributed by atoms with E-state index >= 15 is 0 Å². The molecule has 2 aromatic carbocycles. The van der Waals surface area contributed by atoms with E-state index in [1.54, 1.807) is 14.2 Å². The molecule has 1 N–H and O–H groups in total. The first-order valence-electron chi connectivity index (χ1n) is 9.72. The van der Waals surface area contributed by atoms with Crippen molar-refractivity contribution in [2.45, 2.75) is 33.4 Å². The molecule has 0 bridgehead atoms. The lowest BCUT2D eigenvalue weighted by molar-refractivity contribution is 0.0612. The van der Waals surface area contributed by atoms with Crippen molar-refractivity contribution in [3.63, 3.8) is 0 Å². The lowest BCUT2D eigenvalue weighted by atomic mass is 10.1. The van der Waals surface area contributed by atoms with Crippen LogP contribution < -0.4 is 14.2 Å². The summed E-state index contributed by atoms with van der Waals surface area (Å²) in [5.74, 6) is 2.74. The van der Waals surface area contributed by atoms with E-state index in [2.05, 4.69) is 18.7 Å². The number of methoxy groups -OCH3 is 2. The third-order valence-electron chi connectivity index (χ3n) is 4.47. The van der Waals surface area contributed by atoms with Gasteiger partial charge >= 0.3 is 0 Å². The molecule has 0 aliphatic rings. The summed E-state index contributed by atoms with van der Waals surface area (Å²) in [6.07, 6.45) is -0.571. The quantitative estimate of drug-likeness (QED) is 0.634. The molecule has 1 unspecified atom stereocenters. The van der Waals surface area contributed by atoms with Gasteiger partial charge in [-0.25, -0.2) is 0 Å². The molecule has 0 saturated carbocycles. The van der Waals surface area contributed by atoms with Crippen molar-refractivity contribution in [2.75, 3.05) is 33.9 Å². The molecule has 28 heavy (non-hydrogen) atoms. The van der Waals surface area contributed by atoms with Crippen LogP contribution in [0.5, 0.6) is 17.2 Å². The predicted molar refractivity (Wildman–Crippen MR) is 112 cm³/mol. The van der Waals surface area contributed by atoms with Gasteiger partial charge in [-0.1, -0.05) is 38.1 Å². The number of rotatable bonds is 11. The SMILES string of the molecule is COc1ccc(CN(CC(C)C)CC(O)COc2ccccc2C)cc1OC. The first-order chi connectivity index (χ1) is 13.4. The molecule has 5 heteroatoms. The van der Waals surface area contributed by atoms with E-state index in [1.807, 2.05) is 49.4 Å². The Balaban J connectivity index is 1.99. The number of nitrogens with zero attached hydrogens (tertiary/aromatic N) is 1. The summed E-state index contributed by atoms with van der Waals surface area (Å²) in [5, 5.41) is 10.5. The minimum absolute atomic E-state index is 0.269. The zero-order valence-corrected chi connectivity index (χ0v) is 17.6. The highest BCUT2D eigenvalue weighted by molar-refractivity contribution is 5.42. The summed E-state index contributed by atoms with van der Waals surface area (Å²) in [5.41, 5.74) is 2.18. The zero-order valence-electron chi connectivity index (χ0n) is 17.6. The Labute approximate surface area is 168 Å². The van der Waals surface area contributed by atoms with Gasteiger partial charge < -0.3 is 19.3 Å². The molecule has 0 aliphatic heterocycles. The molecule has 5 nitrogen and oxygen atoms in total. The molecule has 2 rings (SSSR count). The molecule has 0 spiro atoms. The largest absolute Gasteiger partial charge is 0.493 e. The molecule has 1 atom stereocenters. The van der Waals surface area contributed by atoms with Gasteiger partial charge in [0, 0.05) is 19.6 Å². The van der Waals surface area contributed by atoms with E-state index in [0.717, 1.165) is 30.0 Å². The maximum atomic E-state index is 10.5. The number of aliphatic hydroxyl groups excluding tert-OH is 1. The highest BCUT2D eigenvalue weighted by Crippen LogP contribution is 2.28. The maximum absolute atomic E-state index is 10.5. The van der Waals surface area contributed by atoms with Crippen LogP contribution in [0.3, 0.4) is 0 Å². The Hall–Kier alpha value is -2.24. The minimum atomic E-state index is -0.571. The van der Waals surface area contributed by atoms with Gasteiger partial charge in [0.25, 0.3) is 0 Å². The fourth-order valence-electron chi connectivity index (χ4n) is 3.21. The lowest BCUT2D eigenvalue weighted by Crippen LogP contribution is -2.37. The van der Waals surface area contributed by atoms with Gasteiger partial charge in [-0.2, -0.15) is 0 Å². The van der Waals surface area contributed by atoms with Crippen LogP contribution in [0.25, 0.3) is 0 Å². The summed E-state index contributed by atoms with van der Waals surface area (Å²) in [6.45, 7) is 8.78. The molecule has 0 saturated heterocycles. The number of aryl methyl sites for hydroxylation is 1. The average molecular weight is 388 g/mol. The molecular weight excluding hydrogens is 354 g/mol. The van der Waals surface area contributed by atoms with Gasteiger partial charge in [0.1, 0.15) is 18.5 Å². The van der Waals surface area contributed by atoms with Gasteiger partial charge in [0.05, 0.1) is 14.2 Å². The Kier molecular flexibility index (Phi) is 8.61. The highest BCUT2D eigenvalue weighted by Gasteiger charge is 2.16. The van der Waals surface area contributed by atoms with Crippen molar-refractivity contribution in [1.82, 2.24) is 4.90 Å². The Bertz CT molecular complexity index is 732. The molecule has 154 valence electrons. The predicted octanol–water partition coefficient (Wildman–Crippen LogP) is 3.91. The van der Waals surface area contributed by atoms with Crippen LogP contribution in [0.1, 0.15) is 25.0 Å². The molecule has 0 aliphatic carbocycles. The van der Waals surface area contributed by atoms with E-state index in [1.165, 1.54) is 0 Å². The Morgan fingerprint density at radius 1 is 0.929 bits per heavy atom. The van der Waals surface area contributed by atoms with E-state index in [9.17, 15) is 5.11 Å². The van der Waals surface area contributed by atoms with Gasteiger partial charge in [0.2, 0.25) is 0 Å². The zero-order chi connectivity index (χ0) is 20.5. The Morgan fingerprint density at radius 3 is 2.29 bits per heavy atom. The summed E-state index contributed by atoms with van der Waals surface area (Å²) in [4.78, 5) is 2.25.